The van der Waals surface area contributed by atoms with E-state index in [1.54, 1.807) is 23.9 Å². The molecule has 1 aliphatic heterocycles. The van der Waals surface area contributed by atoms with Gasteiger partial charge in [-0.25, -0.2) is 0 Å². The number of rotatable bonds is 6. The molecule has 0 amide bonds. The lowest BCUT2D eigenvalue weighted by Gasteiger charge is -2.59. The van der Waals surface area contributed by atoms with E-state index in [9.17, 15) is 24.9 Å². The molecule has 10 atom stereocenters. The third kappa shape index (κ3) is 4.36. The SMILES string of the molecule is C[C@]12C=CC(=O)C=C1CC[C@@H]1[C@@H]2[C@@H](O)C[C@@]2(C)[C@H]1C[C@H]1O[C@@H](C3=CCC(Sc4cccc(CO)c4)C=C3)O[C@]12C(=O)CO. The highest BCUT2D eigenvalue weighted by molar-refractivity contribution is 8.00. The fourth-order valence-corrected chi connectivity index (χ4v) is 10.7. The van der Waals surface area contributed by atoms with E-state index in [4.69, 9.17) is 9.47 Å². The van der Waals surface area contributed by atoms with Crippen molar-refractivity contribution in [2.24, 2.45) is 28.6 Å². The van der Waals surface area contributed by atoms with E-state index < -0.39 is 41.5 Å². The molecule has 3 N–H and O–H groups in total. The first-order valence-electron chi connectivity index (χ1n) is 15.5. The second-order valence-electron chi connectivity index (χ2n) is 13.6. The molecule has 1 unspecified atom stereocenters. The number of hydrogen-bond donors (Lipinski definition) is 3. The first-order valence-corrected chi connectivity index (χ1v) is 16.4. The minimum Gasteiger partial charge on any atom is -0.393 e. The van der Waals surface area contributed by atoms with E-state index in [0.29, 0.717) is 12.8 Å². The van der Waals surface area contributed by atoms with Gasteiger partial charge in [-0.3, -0.25) is 9.59 Å². The summed E-state index contributed by atoms with van der Waals surface area (Å²) < 4.78 is 13.3. The number of ether oxygens (including phenoxy) is 2. The normalized spacial score (nSPS) is 42.9. The van der Waals surface area contributed by atoms with Crippen molar-refractivity contribution in [2.45, 2.75) is 86.8 Å². The molecule has 5 aliphatic carbocycles. The number of aliphatic hydroxyl groups excluding tert-OH is 3. The zero-order chi connectivity index (χ0) is 30.1. The summed E-state index contributed by atoms with van der Waals surface area (Å²) in [4.78, 5) is 27.0. The quantitative estimate of drug-likeness (QED) is 0.437. The predicted octanol–water partition coefficient (Wildman–Crippen LogP) is 4.46. The Kier molecular flexibility index (Phi) is 7.27. The third-order valence-corrected chi connectivity index (χ3v) is 12.7. The Morgan fingerprint density at radius 1 is 1.19 bits per heavy atom. The molecule has 1 saturated heterocycles. The number of benzene rings is 1. The van der Waals surface area contributed by atoms with Crippen LogP contribution in [0.2, 0.25) is 0 Å². The number of aliphatic hydroxyl groups is 3. The number of Topliss-reactive ketones (excluding diaryl/α,β-unsaturated/α-hetero) is 1. The van der Waals surface area contributed by atoms with E-state index in [-0.39, 0.29) is 41.2 Å². The molecule has 0 spiro atoms. The van der Waals surface area contributed by atoms with Crippen LogP contribution in [-0.4, -0.2) is 62.8 Å². The number of carbonyl (C=O) groups is 2. The minimum absolute atomic E-state index is 0.00341. The molecule has 0 radical (unpaired) electrons. The highest BCUT2D eigenvalue weighted by Gasteiger charge is 2.75. The summed E-state index contributed by atoms with van der Waals surface area (Å²) in [6, 6.07) is 7.90. The van der Waals surface area contributed by atoms with Crippen LogP contribution in [-0.2, 0) is 25.7 Å². The molecule has 8 heteroatoms. The molecule has 6 aliphatic rings. The number of hydrogen-bond acceptors (Lipinski definition) is 8. The molecule has 7 nitrogen and oxygen atoms in total. The lowest BCUT2D eigenvalue weighted by atomic mass is 9.46. The Morgan fingerprint density at radius 3 is 2.77 bits per heavy atom. The van der Waals surface area contributed by atoms with Gasteiger partial charge in [0.25, 0.3) is 0 Å². The van der Waals surface area contributed by atoms with Gasteiger partial charge in [-0.1, -0.05) is 55.9 Å². The molecule has 1 aromatic carbocycles. The molecular formula is C35H40O7S. The summed E-state index contributed by atoms with van der Waals surface area (Å²) in [6.45, 7) is 3.56. The van der Waals surface area contributed by atoms with Gasteiger partial charge >= 0.3 is 0 Å². The first kappa shape index (κ1) is 29.4. The van der Waals surface area contributed by atoms with Gasteiger partial charge in [0.1, 0.15) is 6.61 Å². The fraction of sp³-hybridized carbons (Fsp3) is 0.543. The lowest BCUT2D eigenvalue weighted by molar-refractivity contribution is -0.194. The molecule has 3 saturated carbocycles. The standard InChI is InChI=1S/C35H40O7S/c1-33-13-12-23(38)15-22(33)8-11-26-27-16-30-35(29(40)19-37,34(27,2)17-28(39)31(26)33)42-32(41-30)21-6-9-24(10-7-21)43-25-5-3-4-20(14-25)18-36/h3-7,9,12-15,24,26-28,30-32,36-37,39H,8,10-11,16-19H2,1-2H3/t24?,26-,27-,28-,30+,31+,32+,33-,34-,35+/m0/s1. The molecule has 4 fully saturated rings. The molecule has 43 heavy (non-hydrogen) atoms. The largest absolute Gasteiger partial charge is 0.393 e. The summed E-state index contributed by atoms with van der Waals surface area (Å²) in [6.07, 6.45) is 13.0. The molecule has 1 heterocycles. The monoisotopic (exact) mass is 604 g/mol. The smallest absolute Gasteiger partial charge is 0.193 e. The summed E-state index contributed by atoms with van der Waals surface area (Å²) in [5, 5.41) is 31.7. The number of thioether (sulfide) groups is 1. The molecular weight excluding hydrogens is 564 g/mol. The van der Waals surface area contributed by atoms with Gasteiger partial charge in [-0.15, -0.1) is 11.8 Å². The van der Waals surface area contributed by atoms with Crippen LogP contribution >= 0.6 is 11.8 Å². The van der Waals surface area contributed by atoms with Crippen molar-refractivity contribution in [3.8, 4) is 0 Å². The molecule has 228 valence electrons. The summed E-state index contributed by atoms with van der Waals surface area (Å²) in [5.41, 5.74) is 0.377. The van der Waals surface area contributed by atoms with E-state index in [1.807, 2.05) is 36.4 Å². The van der Waals surface area contributed by atoms with Crippen molar-refractivity contribution in [1.29, 1.82) is 0 Å². The van der Waals surface area contributed by atoms with Crippen molar-refractivity contribution in [2.75, 3.05) is 6.61 Å². The van der Waals surface area contributed by atoms with Gasteiger partial charge in [0.2, 0.25) is 0 Å². The van der Waals surface area contributed by atoms with E-state index in [0.717, 1.165) is 40.9 Å². The molecule has 0 bridgehead atoms. The Morgan fingerprint density at radius 2 is 2.02 bits per heavy atom. The molecule has 0 aromatic heterocycles. The number of fused-ring (bicyclic) bond motifs is 7. The lowest BCUT2D eigenvalue weighted by Crippen LogP contribution is -2.63. The predicted molar refractivity (Wildman–Crippen MR) is 162 cm³/mol. The maximum absolute atomic E-state index is 13.8. The van der Waals surface area contributed by atoms with E-state index >= 15 is 0 Å². The van der Waals surface area contributed by atoms with Crippen molar-refractivity contribution in [1.82, 2.24) is 0 Å². The van der Waals surface area contributed by atoms with Gasteiger partial charge in [0, 0.05) is 32.5 Å². The average Bonchev–Trinajstić information content (AvgIpc) is 3.50. The van der Waals surface area contributed by atoms with Gasteiger partial charge < -0.3 is 24.8 Å². The van der Waals surface area contributed by atoms with Crippen LogP contribution in [0, 0.1) is 28.6 Å². The van der Waals surface area contributed by atoms with Gasteiger partial charge in [0.05, 0.1) is 18.8 Å². The average molecular weight is 605 g/mol. The molecule has 7 rings (SSSR count). The van der Waals surface area contributed by atoms with Gasteiger partial charge in [-0.2, -0.15) is 0 Å². The topological polar surface area (TPSA) is 113 Å². The Bertz CT molecular complexity index is 1460. The Labute approximate surface area is 256 Å². The van der Waals surface area contributed by atoms with Crippen LogP contribution in [0.4, 0.5) is 0 Å². The van der Waals surface area contributed by atoms with E-state index in [1.165, 1.54) is 0 Å². The van der Waals surface area contributed by atoms with Crippen LogP contribution in [0.5, 0.6) is 0 Å². The second kappa shape index (κ2) is 10.6. The maximum Gasteiger partial charge on any atom is 0.193 e. The zero-order valence-corrected chi connectivity index (χ0v) is 25.5. The highest BCUT2D eigenvalue weighted by atomic mass is 32.2. The van der Waals surface area contributed by atoms with Crippen molar-refractivity contribution in [3.63, 3.8) is 0 Å². The van der Waals surface area contributed by atoms with Crippen LogP contribution in [0.1, 0.15) is 51.5 Å². The third-order valence-electron chi connectivity index (χ3n) is 11.5. The number of ketones is 2. The highest BCUT2D eigenvalue weighted by Crippen LogP contribution is 2.69. The summed E-state index contributed by atoms with van der Waals surface area (Å²) in [5.74, 6) is -0.243. The van der Waals surface area contributed by atoms with Crippen LogP contribution in [0.15, 0.2) is 76.8 Å². The fourth-order valence-electron chi connectivity index (χ4n) is 9.61. The van der Waals surface area contributed by atoms with E-state index in [2.05, 4.69) is 26.0 Å². The summed E-state index contributed by atoms with van der Waals surface area (Å²) in [7, 11) is 0. The number of carbonyl (C=O) groups excluding carboxylic acids is 2. The zero-order valence-electron chi connectivity index (χ0n) is 24.6. The van der Waals surface area contributed by atoms with Crippen molar-refractivity contribution < 1.29 is 34.4 Å². The minimum atomic E-state index is -1.34. The Balaban J connectivity index is 1.13. The summed E-state index contributed by atoms with van der Waals surface area (Å²) >= 11 is 1.73. The second-order valence-corrected chi connectivity index (χ2v) is 14.9. The van der Waals surface area contributed by atoms with Gasteiger partial charge in [-0.05, 0) is 73.8 Å². The van der Waals surface area contributed by atoms with Gasteiger partial charge in [0.15, 0.2) is 23.5 Å². The van der Waals surface area contributed by atoms with Crippen molar-refractivity contribution >= 4 is 23.3 Å². The van der Waals surface area contributed by atoms with Crippen LogP contribution in [0.25, 0.3) is 0 Å². The van der Waals surface area contributed by atoms with Crippen LogP contribution < -0.4 is 0 Å². The Hall–Kier alpha value is -2.33. The first-order chi connectivity index (χ1) is 20.6. The van der Waals surface area contributed by atoms with Crippen molar-refractivity contribution in [3.05, 3.63) is 77.4 Å². The maximum atomic E-state index is 13.8. The number of allylic oxidation sites excluding steroid dienone is 5. The van der Waals surface area contributed by atoms with Crippen LogP contribution in [0.3, 0.4) is 0 Å². The molecule has 1 aromatic rings.